The smallest absolute Gasteiger partial charge is 0.253 e. The molecule has 5 rings (SSSR count). The second-order valence-corrected chi connectivity index (χ2v) is 10.4. The van der Waals surface area contributed by atoms with Gasteiger partial charge in [-0.15, -0.1) is 0 Å². The number of hydrogen-bond donors (Lipinski definition) is 1. The van der Waals surface area contributed by atoms with E-state index in [0.29, 0.717) is 23.6 Å². The van der Waals surface area contributed by atoms with Gasteiger partial charge in [-0.05, 0) is 67.9 Å². The lowest BCUT2D eigenvalue weighted by Crippen LogP contribution is -2.35. The zero-order valence-electron chi connectivity index (χ0n) is 23.7. The van der Waals surface area contributed by atoms with Crippen LogP contribution in [0.1, 0.15) is 34.7 Å². The van der Waals surface area contributed by atoms with Gasteiger partial charge in [-0.25, -0.2) is 4.98 Å². The van der Waals surface area contributed by atoms with Crippen molar-refractivity contribution in [1.82, 2.24) is 19.8 Å². The highest BCUT2D eigenvalue weighted by Gasteiger charge is 2.23. The Balaban J connectivity index is 1.27. The minimum Gasteiger partial charge on any atom is -0.493 e. The summed E-state index contributed by atoms with van der Waals surface area (Å²) in [4.78, 5) is 28.2. The molecule has 0 bridgehead atoms. The SMILES string of the molecule is COc1ccc(C(CCN2CCCN(c3nc4ccccc4[nH]3)CC2)CN(C)C(=O)c2ccccc2)cc1OC. The molecule has 210 valence electrons. The van der Waals surface area contributed by atoms with E-state index in [1.807, 2.05) is 66.5 Å². The van der Waals surface area contributed by atoms with Gasteiger partial charge in [0.05, 0.1) is 25.3 Å². The minimum atomic E-state index is 0.0299. The number of benzene rings is 3. The molecule has 8 heteroatoms. The summed E-state index contributed by atoms with van der Waals surface area (Å²) in [5.41, 5.74) is 3.93. The van der Waals surface area contributed by atoms with Crippen molar-refractivity contribution in [2.75, 3.05) is 65.4 Å². The summed E-state index contributed by atoms with van der Waals surface area (Å²) >= 11 is 0. The lowest BCUT2D eigenvalue weighted by molar-refractivity contribution is 0.0782. The van der Waals surface area contributed by atoms with Crippen LogP contribution in [0.3, 0.4) is 0 Å². The van der Waals surface area contributed by atoms with Crippen LogP contribution < -0.4 is 14.4 Å². The number of carbonyl (C=O) groups excluding carboxylic acids is 1. The van der Waals surface area contributed by atoms with Crippen LogP contribution in [0.25, 0.3) is 11.0 Å². The van der Waals surface area contributed by atoms with E-state index in [1.54, 1.807) is 14.2 Å². The maximum absolute atomic E-state index is 13.2. The van der Waals surface area contributed by atoms with Gasteiger partial charge >= 0.3 is 0 Å². The topological polar surface area (TPSA) is 73.9 Å². The molecule has 1 aliphatic heterocycles. The molecule has 3 aromatic carbocycles. The first-order valence-corrected chi connectivity index (χ1v) is 14.0. The first-order valence-electron chi connectivity index (χ1n) is 14.0. The van der Waals surface area contributed by atoms with Crippen molar-refractivity contribution in [2.45, 2.75) is 18.8 Å². The van der Waals surface area contributed by atoms with E-state index < -0.39 is 0 Å². The molecule has 40 heavy (non-hydrogen) atoms. The van der Waals surface area contributed by atoms with Crippen LogP contribution in [-0.2, 0) is 0 Å². The Morgan fingerprint density at radius 3 is 2.50 bits per heavy atom. The van der Waals surface area contributed by atoms with Crippen LogP contribution in [0.2, 0.25) is 0 Å². The zero-order chi connectivity index (χ0) is 27.9. The van der Waals surface area contributed by atoms with Gasteiger partial charge in [-0.3, -0.25) is 4.79 Å². The van der Waals surface area contributed by atoms with Gasteiger partial charge in [0.25, 0.3) is 5.91 Å². The van der Waals surface area contributed by atoms with Gasteiger partial charge in [0.15, 0.2) is 11.5 Å². The van der Waals surface area contributed by atoms with Gasteiger partial charge in [0.2, 0.25) is 5.95 Å². The van der Waals surface area contributed by atoms with Crippen molar-refractivity contribution in [3.8, 4) is 11.5 Å². The molecule has 4 aromatic rings. The number of nitrogens with one attached hydrogen (secondary N) is 1. The number of ether oxygens (including phenoxy) is 2. The summed E-state index contributed by atoms with van der Waals surface area (Å²) in [6.45, 7) is 5.46. The molecule has 1 fully saturated rings. The Hall–Kier alpha value is -4.04. The average Bonchev–Trinajstić information content (AvgIpc) is 3.29. The first-order chi connectivity index (χ1) is 19.6. The number of H-pyrrole nitrogens is 1. The number of fused-ring (bicyclic) bond motifs is 1. The zero-order valence-corrected chi connectivity index (χ0v) is 23.7. The Morgan fingerprint density at radius 1 is 0.950 bits per heavy atom. The van der Waals surface area contributed by atoms with Crippen molar-refractivity contribution in [2.24, 2.45) is 0 Å². The number of hydrogen-bond acceptors (Lipinski definition) is 6. The molecule has 1 atom stereocenters. The molecule has 1 N–H and O–H groups in total. The number of para-hydroxylation sites is 2. The molecular formula is C32H39N5O3. The predicted octanol–water partition coefficient (Wildman–Crippen LogP) is 5.04. The summed E-state index contributed by atoms with van der Waals surface area (Å²) in [7, 11) is 5.20. The molecule has 0 saturated carbocycles. The summed E-state index contributed by atoms with van der Waals surface area (Å²) in [5, 5.41) is 0. The fraction of sp³-hybridized carbons (Fsp3) is 0.375. The van der Waals surface area contributed by atoms with Crippen LogP contribution in [0, 0.1) is 0 Å². The standard InChI is InChI=1S/C32H39N5O3/c1-35(31(38)24-10-5-4-6-11-24)23-26(25-14-15-29(39-2)30(22-25)40-3)16-19-36-17-9-18-37(21-20-36)32-33-27-12-7-8-13-28(27)34-32/h4-8,10-15,22,26H,9,16-21,23H2,1-3H3,(H,33,34). The van der Waals surface area contributed by atoms with E-state index in [-0.39, 0.29) is 11.8 Å². The maximum Gasteiger partial charge on any atom is 0.253 e. The normalized spacial score (nSPS) is 15.0. The van der Waals surface area contributed by atoms with Gasteiger partial charge in [-0.2, -0.15) is 0 Å². The molecular weight excluding hydrogens is 502 g/mol. The summed E-state index contributed by atoms with van der Waals surface area (Å²) in [6, 6.07) is 23.8. The number of aromatic amines is 1. The second kappa shape index (κ2) is 12.9. The Kier molecular flexibility index (Phi) is 8.86. The third kappa shape index (κ3) is 6.39. The van der Waals surface area contributed by atoms with E-state index in [0.717, 1.165) is 68.1 Å². The third-order valence-electron chi connectivity index (χ3n) is 7.80. The number of imidazole rings is 1. The van der Waals surface area contributed by atoms with E-state index in [1.165, 1.54) is 0 Å². The number of likely N-dealkylation sites (N-methyl/N-ethyl adjacent to an activating group) is 1. The average molecular weight is 542 g/mol. The van der Waals surface area contributed by atoms with E-state index >= 15 is 0 Å². The molecule has 0 radical (unpaired) electrons. The highest BCUT2D eigenvalue weighted by molar-refractivity contribution is 5.94. The Morgan fingerprint density at radius 2 is 1.73 bits per heavy atom. The number of methoxy groups -OCH3 is 2. The van der Waals surface area contributed by atoms with Gasteiger partial charge in [-0.1, -0.05) is 36.4 Å². The van der Waals surface area contributed by atoms with Crippen molar-refractivity contribution < 1.29 is 14.3 Å². The fourth-order valence-corrected chi connectivity index (χ4v) is 5.52. The van der Waals surface area contributed by atoms with Crippen LogP contribution >= 0.6 is 0 Å². The Bertz CT molecular complexity index is 1370. The van der Waals surface area contributed by atoms with Crippen LogP contribution in [0.4, 0.5) is 5.95 Å². The van der Waals surface area contributed by atoms with Gasteiger partial charge in [0.1, 0.15) is 0 Å². The van der Waals surface area contributed by atoms with E-state index in [2.05, 4.69) is 33.0 Å². The highest BCUT2D eigenvalue weighted by Crippen LogP contribution is 2.32. The molecule has 1 aliphatic rings. The number of amides is 1. The molecule has 1 saturated heterocycles. The third-order valence-corrected chi connectivity index (χ3v) is 7.80. The molecule has 2 heterocycles. The largest absolute Gasteiger partial charge is 0.493 e. The van der Waals surface area contributed by atoms with Crippen molar-refractivity contribution in [3.05, 3.63) is 83.9 Å². The van der Waals surface area contributed by atoms with Crippen molar-refractivity contribution in [3.63, 3.8) is 0 Å². The first kappa shape index (κ1) is 27.5. The summed E-state index contributed by atoms with van der Waals surface area (Å²) in [5.74, 6) is 2.54. The van der Waals surface area contributed by atoms with E-state index in [4.69, 9.17) is 14.5 Å². The minimum absolute atomic E-state index is 0.0299. The Labute approximate surface area is 236 Å². The maximum atomic E-state index is 13.2. The number of anilines is 1. The van der Waals surface area contributed by atoms with Crippen molar-refractivity contribution in [1.29, 1.82) is 0 Å². The molecule has 8 nitrogen and oxygen atoms in total. The van der Waals surface area contributed by atoms with Gasteiger partial charge < -0.3 is 29.2 Å². The van der Waals surface area contributed by atoms with E-state index in [9.17, 15) is 4.79 Å². The van der Waals surface area contributed by atoms with Crippen molar-refractivity contribution >= 4 is 22.9 Å². The summed E-state index contributed by atoms with van der Waals surface area (Å²) in [6.07, 6.45) is 2.00. The van der Waals surface area contributed by atoms with Crippen LogP contribution in [0.15, 0.2) is 72.8 Å². The molecule has 1 unspecified atom stereocenters. The lowest BCUT2D eigenvalue weighted by atomic mass is 9.94. The number of carbonyl (C=O) groups is 1. The number of aromatic nitrogens is 2. The summed E-state index contributed by atoms with van der Waals surface area (Å²) < 4.78 is 11.1. The monoisotopic (exact) mass is 541 g/mol. The molecule has 1 aromatic heterocycles. The predicted molar refractivity (Wildman–Crippen MR) is 160 cm³/mol. The fourth-order valence-electron chi connectivity index (χ4n) is 5.52. The highest BCUT2D eigenvalue weighted by atomic mass is 16.5. The molecule has 1 amide bonds. The molecule has 0 spiro atoms. The van der Waals surface area contributed by atoms with Crippen LogP contribution in [0.5, 0.6) is 11.5 Å². The van der Waals surface area contributed by atoms with Crippen LogP contribution in [-0.4, -0.2) is 86.2 Å². The quantitative estimate of drug-likeness (QED) is 0.303. The van der Waals surface area contributed by atoms with Gasteiger partial charge in [0, 0.05) is 44.7 Å². The number of rotatable bonds is 10. The lowest BCUT2D eigenvalue weighted by Gasteiger charge is -2.28. The number of nitrogens with zero attached hydrogens (tertiary/aromatic N) is 4. The second-order valence-electron chi connectivity index (χ2n) is 10.4. The molecule has 0 aliphatic carbocycles.